The van der Waals surface area contributed by atoms with E-state index >= 15 is 0 Å². The minimum Gasteiger partial charge on any atom is -0.480 e. The zero-order valence-electron chi connectivity index (χ0n) is 11.0. The molecule has 0 aliphatic carbocycles. The van der Waals surface area contributed by atoms with Crippen LogP contribution in [-0.2, 0) is 4.79 Å². The number of aliphatic carboxylic acids is 1. The van der Waals surface area contributed by atoms with Crippen molar-refractivity contribution in [2.45, 2.75) is 32.2 Å². The predicted octanol–water partition coefficient (Wildman–Crippen LogP) is 3.35. The summed E-state index contributed by atoms with van der Waals surface area (Å²) in [6.07, 6.45) is 1.84. The van der Waals surface area contributed by atoms with Gasteiger partial charge < -0.3 is 15.7 Å². The molecule has 110 valence electrons. The van der Waals surface area contributed by atoms with E-state index in [1.54, 1.807) is 0 Å². The lowest BCUT2D eigenvalue weighted by Crippen LogP contribution is -2.43. The highest BCUT2D eigenvalue weighted by molar-refractivity contribution is 9.10. The number of hydrogen-bond acceptors (Lipinski definition) is 2. The number of carbonyl (C=O) groups is 2. The molecule has 0 saturated heterocycles. The van der Waals surface area contributed by atoms with E-state index in [2.05, 4.69) is 26.6 Å². The first-order valence-corrected chi connectivity index (χ1v) is 6.98. The minimum absolute atomic E-state index is 0.0171. The summed E-state index contributed by atoms with van der Waals surface area (Å²) in [4.78, 5) is 22.7. The molecule has 0 aromatic heterocycles. The van der Waals surface area contributed by atoms with Gasteiger partial charge in [-0.25, -0.2) is 14.0 Å². The quantitative estimate of drug-likeness (QED) is 0.738. The van der Waals surface area contributed by atoms with Crippen LogP contribution in [0.4, 0.5) is 14.9 Å². The fourth-order valence-electron chi connectivity index (χ4n) is 1.58. The Kier molecular flexibility index (Phi) is 6.44. The molecule has 0 bridgehead atoms. The average molecular weight is 347 g/mol. The van der Waals surface area contributed by atoms with Crippen molar-refractivity contribution in [1.29, 1.82) is 0 Å². The summed E-state index contributed by atoms with van der Waals surface area (Å²) in [6, 6.07) is 2.37. The predicted molar refractivity (Wildman–Crippen MR) is 77.2 cm³/mol. The van der Waals surface area contributed by atoms with E-state index in [-0.39, 0.29) is 5.69 Å². The first-order valence-electron chi connectivity index (χ1n) is 6.19. The molecule has 1 aromatic rings. The molecule has 7 heteroatoms. The molecule has 3 N–H and O–H groups in total. The van der Waals surface area contributed by atoms with Crippen molar-refractivity contribution in [2.24, 2.45) is 0 Å². The fourth-order valence-corrected chi connectivity index (χ4v) is 1.94. The van der Waals surface area contributed by atoms with Crippen molar-refractivity contribution in [3.05, 3.63) is 28.5 Å². The molecule has 0 radical (unpaired) electrons. The molecule has 20 heavy (non-hydrogen) atoms. The summed E-state index contributed by atoms with van der Waals surface area (Å²) >= 11 is 3.16. The maximum absolute atomic E-state index is 13.4. The van der Waals surface area contributed by atoms with Crippen LogP contribution in [0.3, 0.4) is 0 Å². The molecule has 0 aliphatic heterocycles. The highest BCUT2D eigenvalue weighted by Gasteiger charge is 2.19. The summed E-state index contributed by atoms with van der Waals surface area (Å²) in [5.74, 6) is -1.70. The number of rotatable bonds is 6. The van der Waals surface area contributed by atoms with Gasteiger partial charge in [-0.15, -0.1) is 0 Å². The maximum atomic E-state index is 13.4. The third-order valence-corrected chi connectivity index (χ3v) is 3.12. The van der Waals surface area contributed by atoms with Gasteiger partial charge in [0.1, 0.15) is 11.9 Å². The molecule has 1 aromatic carbocycles. The number of hydrogen-bond donors (Lipinski definition) is 3. The van der Waals surface area contributed by atoms with Crippen LogP contribution in [0.1, 0.15) is 26.2 Å². The number of unbranched alkanes of at least 4 members (excludes halogenated alkanes) is 1. The van der Waals surface area contributed by atoms with E-state index < -0.39 is 23.9 Å². The number of amides is 2. The van der Waals surface area contributed by atoms with Gasteiger partial charge in [-0.1, -0.05) is 35.7 Å². The summed E-state index contributed by atoms with van der Waals surface area (Å²) < 4.78 is 14.1. The largest absolute Gasteiger partial charge is 0.480 e. The van der Waals surface area contributed by atoms with Crippen molar-refractivity contribution in [2.75, 3.05) is 5.32 Å². The Balaban J connectivity index is 2.65. The molecule has 0 saturated carbocycles. The zero-order chi connectivity index (χ0) is 15.1. The van der Waals surface area contributed by atoms with Gasteiger partial charge in [-0.2, -0.15) is 0 Å². The number of anilines is 1. The van der Waals surface area contributed by atoms with E-state index in [1.807, 2.05) is 6.92 Å². The van der Waals surface area contributed by atoms with Crippen molar-refractivity contribution in [3.8, 4) is 0 Å². The highest BCUT2D eigenvalue weighted by Crippen LogP contribution is 2.19. The summed E-state index contributed by atoms with van der Waals surface area (Å²) in [6.45, 7) is 1.93. The lowest BCUT2D eigenvalue weighted by atomic mass is 10.1. The number of carboxylic acids is 1. The Hall–Kier alpha value is -1.63. The summed E-state index contributed by atoms with van der Waals surface area (Å²) in [5.41, 5.74) is -0.0171. The third-order valence-electron chi connectivity index (χ3n) is 2.63. The maximum Gasteiger partial charge on any atom is 0.326 e. The summed E-state index contributed by atoms with van der Waals surface area (Å²) in [7, 11) is 0. The average Bonchev–Trinajstić information content (AvgIpc) is 2.38. The Morgan fingerprint density at radius 1 is 1.45 bits per heavy atom. The second-order valence-corrected chi connectivity index (χ2v) is 5.17. The molecule has 2 amide bonds. The van der Waals surface area contributed by atoms with Crippen molar-refractivity contribution in [1.82, 2.24) is 5.32 Å². The fraction of sp³-hybridized carbons (Fsp3) is 0.385. The van der Waals surface area contributed by atoms with Crippen molar-refractivity contribution >= 4 is 33.6 Å². The van der Waals surface area contributed by atoms with Crippen molar-refractivity contribution < 1.29 is 19.1 Å². The van der Waals surface area contributed by atoms with Crippen LogP contribution >= 0.6 is 15.9 Å². The number of carbonyl (C=O) groups excluding carboxylic acids is 1. The topological polar surface area (TPSA) is 78.4 Å². The zero-order valence-corrected chi connectivity index (χ0v) is 12.5. The van der Waals surface area contributed by atoms with E-state index in [1.165, 1.54) is 18.2 Å². The van der Waals surface area contributed by atoms with E-state index in [9.17, 15) is 14.0 Å². The standard InChI is InChI=1S/C13H16BrFN2O3/c1-2-3-4-10(12(18)19)16-13(20)17-11-7-8(14)5-6-9(11)15/h5-7,10H,2-4H2,1H3,(H,18,19)(H2,16,17,20)/t10-/m0/s1. The van der Waals surface area contributed by atoms with Crippen LogP contribution in [0.25, 0.3) is 0 Å². The Labute approximate surface area is 124 Å². The Bertz CT molecular complexity index is 497. The van der Waals surface area contributed by atoms with Gasteiger partial charge in [0.25, 0.3) is 0 Å². The molecule has 0 spiro atoms. The van der Waals surface area contributed by atoms with Gasteiger partial charge in [-0.05, 0) is 24.6 Å². The highest BCUT2D eigenvalue weighted by atomic mass is 79.9. The molecule has 5 nitrogen and oxygen atoms in total. The number of benzene rings is 1. The molecule has 0 fully saturated rings. The van der Waals surface area contributed by atoms with Crippen LogP contribution < -0.4 is 10.6 Å². The van der Waals surface area contributed by atoms with Crippen LogP contribution in [0, 0.1) is 5.82 Å². The molecule has 1 rings (SSSR count). The third kappa shape index (κ3) is 5.16. The first-order chi connectivity index (χ1) is 9.43. The van der Waals surface area contributed by atoms with E-state index in [0.717, 1.165) is 6.42 Å². The summed E-state index contributed by atoms with van der Waals surface area (Å²) in [5, 5.41) is 13.6. The molecule has 0 unspecified atom stereocenters. The monoisotopic (exact) mass is 346 g/mol. The van der Waals surface area contributed by atoms with Gasteiger partial charge in [0.2, 0.25) is 0 Å². The SMILES string of the molecule is CCCC[C@H](NC(=O)Nc1cc(Br)ccc1F)C(=O)O. The number of urea groups is 1. The van der Waals surface area contributed by atoms with Gasteiger partial charge in [-0.3, -0.25) is 0 Å². The second kappa shape index (κ2) is 7.84. The van der Waals surface area contributed by atoms with Gasteiger partial charge in [0.15, 0.2) is 0 Å². The molecule has 1 atom stereocenters. The lowest BCUT2D eigenvalue weighted by Gasteiger charge is -2.15. The Morgan fingerprint density at radius 3 is 2.75 bits per heavy atom. The number of halogens is 2. The van der Waals surface area contributed by atoms with Gasteiger partial charge in [0.05, 0.1) is 5.69 Å². The van der Waals surface area contributed by atoms with Gasteiger partial charge >= 0.3 is 12.0 Å². The first kappa shape index (κ1) is 16.4. The van der Waals surface area contributed by atoms with Crippen LogP contribution in [0.5, 0.6) is 0 Å². The van der Waals surface area contributed by atoms with Crippen LogP contribution in [0.2, 0.25) is 0 Å². The van der Waals surface area contributed by atoms with Crippen molar-refractivity contribution in [3.63, 3.8) is 0 Å². The molecular formula is C13H16BrFN2O3. The normalized spacial score (nSPS) is 11.8. The lowest BCUT2D eigenvalue weighted by molar-refractivity contribution is -0.139. The number of carboxylic acid groups (broad SMARTS) is 1. The second-order valence-electron chi connectivity index (χ2n) is 4.26. The van der Waals surface area contributed by atoms with E-state index in [4.69, 9.17) is 5.11 Å². The van der Waals surface area contributed by atoms with Crippen LogP contribution in [0.15, 0.2) is 22.7 Å². The van der Waals surface area contributed by atoms with Gasteiger partial charge in [0, 0.05) is 4.47 Å². The minimum atomic E-state index is -1.11. The van der Waals surface area contributed by atoms with Crippen LogP contribution in [-0.4, -0.2) is 23.1 Å². The smallest absolute Gasteiger partial charge is 0.326 e. The molecule has 0 aliphatic rings. The molecule has 0 heterocycles. The van der Waals surface area contributed by atoms with E-state index in [0.29, 0.717) is 17.3 Å². The number of nitrogens with one attached hydrogen (secondary N) is 2. The Morgan fingerprint density at radius 2 is 2.15 bits per heavy atom. The molecular weight excluding hydrogens is 331 g/mol.